The lowest BCUT2D eigenvalue weighted by Gasteiger charge is -2.21. The van der Waals surface area contributed by atoms with E-state index in [9.17, 15) is 14.7 Å². The van der Waals surface area contributed by atoms with Crippen molar-refractivity contribution in [3.8, 4) is 11.1 Å². The standard InChI is InChI=1S/C24H20BrNO4/c25-16-11-9-15(10-12-16)13-22(23(27)28)26-24(29)30-14-21-19-7-3-1-5-17(19)18-6-2-4-8-20(18)21/h1-12,21-22H,13-14H2,(H,26,29)(H,27,28)/p-1/t22-/m1/s1. The number of ether oxygens (including phenoxy) is 1. The summed E-state index contributed by atoms with van der Waals surface area (Å²) in [5.74, 6) is -1.44. The Labute approximate surface area is 182 Å². The maximum atomic E-state index is 12.4. The lowest BCUT2D eigenvalue weighted by Crippen LogP contribution is -2.49. The van der Waals surface area contributed by atoms with Crippen LogP contribution in [0.5, 0.6) is 0 Å². The summed E-state index contributed by atoms with van der Waals surface area (Å²) in [6.45, 7) is 0.123. The van der Waals surface area contributed by atoms with Gasteiger partial charge in [-0.1, -0.05) is 76.6 Å². The van der Waals surface area contributed by atoms with E-state index in [0.717, 1.165) is 32.3 Å². The van der Waals surface area contributed by atoms with Crippen LogP contribution in [0.3, 0.4) is 0 Å². The summed E-state index contributed by atoms with van der Waals surface area (Å²) in [5.41, 5.74) is 5.22. The first kappa shape index (κ1) is 20.2. The SMILES string of the molecule is O=C(N[C@H](Cc1ccc(Br)cc1)C(=O)[O-])OCC1c2ccccc2-c2ccccc21. The number of nitrogens with one attached hydrogen (secondary N) is 1. The van der Waals surface area contributed by atoms with Crippen molar-refractivity contribution < 1.29 is 19.4 Å². The molecule has 6 heteroatoms. The number of hydrogen-bond acceptors (Lipinski definition) is 4. The number of carboxylic acid groups (broad SMARTS) is 1. The molecule has 3 aromatic rings. The Bertz CT molecular complexity index is 1040. The number of alkyl carbamates (subject to hydrolysis) is 1. The van der Waals surface area contributed by atoms with Gasteiger partial charge in [0, 0.05) is 10.4 Å². The smallest absolute Gasteiger partial charge is 0.407 e. The van der Waals surface area contributed by atoms with Crippen molar-refractivity contribution in [1.82, 2.24) is 5.32 Å². The molecule has 0 fully saturated rings. The quantitative estimate of drug-likeness (QED) is 0.603. The number of amides is 1. The summed E-state index contributed by atoms with van der Waals surface area (Å²) in [5, 5.41) is 13.9. The second-order valence-electron chi connectivity index (χ2n) is 7.17. The normalized spacial score (nSPS) is 13.2. The van der Waals surface area contributed by atoms with Crippen molar-refractivity contribution in [2.45, 2.75) is 18.4 Å². The molecular formula is C24H19BrNO4-. The molecule has 30 heavy (non-hydrogen) atoms. The highest BCUT2D eigenvalue weighted by Gasteiger charge is 2.29. The van der Waals surface area contributed by atoms with Crippen LogP contribution in [-0.4, -0.2) is 24.7 Å². The molecule has 0 aromatic heterocycles. The van der Waals surface area contributed by atoms with Gasteiger partial charge in [-0.3, -0.25) is 0 Å². The fourth-order valence-electron chi connectivity index (χ4n) is 3.83. The van der Waals surface area contributed by atoms with Crippen LogP contribution in [0.15, 0.2) is 77.3 Å². The Kier molecular flexibility index (Phi) is 5.86. The predicted octanol–water partition coefficient (Wildman–Crippen LogP) is 3.65. The summed E-state index contributed by atoms with van der Waals surface area (Å²) < 4.78 is 6.32. The van der Waals surface area contributed by atoms with Crippen molar-refractivity contribution in [1.29, 1.82) is 0 Å². The predicted molar refractivity (Wildman–Crippen MR) is 115 cm³/mol. The minimum atomic E-state index is -1.36. The van der Waals surface area contributed by atoms with Gasteiger partial charge in [0.15, 0.2) is 0 Å². The molecule has 1 aliphatic carbocycles. The Morgan fingerprint density at radius 2 is 1.50 bits per heavy atom. The zero-order valence-electron chi connectivity index (χ0n) is 16.0. The largest absolute Gasteiger partial charge is 0.548 e. The van der Waals surface area contributed by atoms with Gasteiger partial charge >= 0.3 is 6.09 Å². The second-order valence-corrected chi connectivity index (χ2v) is 8.09. The van der Waals surface area contributed by atoms with E-state index < -0.39 is 18.1 Å². The second kappa shape index (κ2) is 8.71. The summed E-state index contributed by atoms with van der Waals surface area (Å²) in [6.07, 6.45) is -0.664. The molecule has 1 atom stereocenters. The Balaban J connectivity index is 1.43. The van der Waals surface area contributed by atoms with Gasteiger partial charge in [-0.05, 0) is 46.4 Å². The van der Waals surface area contributed by atoms with E-state index in [2.05, 4.69) is 33.4 Å². The fraction of sp³-hybridized carbons (Fsp3) is 0.167. The van der Waals surface area contributed by atoms with Crippen LogP contribution >= 0.6 is 15.9 Å². The van der Waals surface area contributed by atoms with Crippen LogP contribution in [0.1, 0.15) is 22.6 Å². The highest BCUT2D eigenvalue weighted by molar-refractivity contribution is 9.10. The number of benzene rings is 3. The molecular weight excluding hydrogens is 446 g/mol. The zero-order chi connectivity index (χ0) is 21.1. The van der Waals surface area contributed by atoms with Crippen molar-refractivity contribution in [3.63, 3.8) is 0 Å². The molecule has 0 saturated carbocycles. The summed E-state index contributed by atoms with van der Waals surface area (Å²) >= 11 is 3.34. The molecule has 0 unspecified atom stereocenters. The van der Waals surface area contributed by atoms with Crippen LogP contribution < -0.4 is 10.4 Å². The number of carboxylic acids is 1. The summed E-state index contributed by atoms with van der Waals surface area (Å²) in [4.78, 5) is 23.9. The van der Waals surface area contributed by atoms with Gasteiger partial charge in [-0.15, -0.1) is 0 Å². The van der Waals surface area contributed by atoms with Gasteiger partial charge in [0.2, 0.25) is 0 Å². The average molecular weight is 465 g/mol. The number of carbonyl (C=O) groups excluding carboxylic acids is 2. The molecule has 0 aliphatic heterocycles. The molecule has 5 nitrogen and oxygen atoms in total. The molecule has 0 radical (unpaired) electrons. The molecule has 0 saturated heterocycles. The molecule has 152 valence electrons. The van der Waals surface area contributed by atoms with Crippen LogP contribution in [0.2, 0.25) is 0 Å². The molecule has 1 aliphatic rings. The number of fused-ring (bicyclic) bond motifs is 3. The molecule has 4 rings (SSSR count). The van der Waals surface area contributed by atoms with Crippen molar-refractivity contribution in [2.24, 2.45) is 0 Å². The minimum absolute atomic E-state index is 0.0870. The van der Waals surface area contributed by atoms with Gasteiger partial charge in [0.25, 0.3) is 0 Å². The van der Waals surface area contributed by atoms with Crippen LogP contribution in [0.4, 0.5) is 4.79 Å². The number of aliphatic carboxylic acids is 1. The fourth-order valence-corrected chi connectivity index (χ4v) is 4.10. The lowest BCUT2D eigenvalue weighted by atomic mass is 9.98. The third-order valence-corrected chi connectivity index (χ3v) is 5.80. The first-order valence-electron chi connectivity index (χ1n) is 9.59. The zero-order valence-corrected chi connectivity index (χ0v) is 17.6. The van der Waals surface area contributed by atoms with Gasteiger partial charge < -0.3 is 20.0 Å². The van der Waals surface area contributed by atoms with Crippen LogP contribution in [-0.2, 0) is 16.0 Å². The summed E-state index contributed by atoms with van der Waals surface area (Å²) in [7, 11) is 0. The van der Waals surface area contributed by atoms with Crippen molar-refractivity contribution >= 4 is 28.0 Å². The van der Waals surface area contributed by atoms with Crippen LogP contribution in [0, 0.1) is 0 Å². The van der Waals surface area contributed by atoms with Gasteiger partial charge in [-0.2, -0.15) is 0 Å². The first-order chi connectivity index (χ1) is 14.5. The maximum Gasteiger partial charge on any atom is 0.407 e. The number of hydrogen-bond donors (Lipinski definition) is 1. The highest BCUT2D eigenvalue weighted by atomic mass is 79.9. The van der Waals surface area contributed by atoms with E-state index >= 15 is 0 Å². The van der Waals surface area contributed by atoms with Crippen molar-refractivity contribution in [3.05, 3.63) is 94.0 Å². The maximum absolute atomic E-state index is 12.4. The Hall–Kier alpha value is -3.12. The molecule has 1 amide bonds. The van der Waals surface area contributed by atoms with E-state index in [4.69, 9.17) is 4.74 Å². The average Bonchev–Trinajstić information content (AvgIpc) is 3.07. The van der Waals surface area contributed by atoms with Crippen LogP contribution in [0.25, 0.3) is 11.1 Å². The van der Waals surface area contributed by atoms with E-state index in [1.165, 1.54) is 0 Å². The topological polar surface area (TPSA) is 78.5 Å². The Morgan fingerprint density at radius 1 is 0.933 bits per heavy atom. The molecule has 0 spiro atoms. The van der Waals surface area contributed by atoms with Crippen molar-refractivity contribution in [2.75, 3.05) is 6.61 Å². The lowest BCUT2D eigenvalue weighted by molar-refractivity contribution is -0.308. The molecule has 3 aromatic carbocycles. The van der Waals surface area contributed by atoms with E-state index in [1.54, 1.807) is 12.1 Å². The van der Waals surface area contributed by atoms with E-state index in [-0.39, 0.29) is 18.9 Å². The highest BCUT2D eigenvalue weighted by Crippen LogP contribution is 2.44. The first-order valence-corrected chi connectivity index (χ1v) is 10.4. The monoisotopic (exact) mass is 464 g/mol. The van der Waals surface area contributed by atoms with E-state index in [0.29, 0.717) is 0 Å². The number of halogens is 1. The molecule has 0 heterocycles. The number of carbonyl (C=O) groups is 2. The number of rotatable bonds is 6. The third-order valence-electron chi connectivity index (χ3n) is 5.27. The third kappa shape index (κ3) is 4.24. The molecule has 0 bridgehead atoms. The Morgan fingerprint density at radius 3 is 2.07 bits per heavy atom. The van der Waals surface area contributed by atoms with E-state index in [1.807, 2.05) is 48.5 Å². The van der Waals surface area contributed by atoms with Gasteiger partial charge in [-0.25, -0.2) is 4.79 Å². The van der Waals surface area contributed by atoms with Gasteiger partial charge in [0.1, 0.15) is 6.61 Å². The summed E-state index contributed by atoms with van der Waals surface area (Å²) in [6, 6.07) is 22.1. The minimum Gasteiger partial charge on any atom is -0.548 e. The van der Waals surface area contributed by atoms with Gasteiger partial charge in [0.05, 0.1) is 12.0 Å². The molecule has 1 N–H and O–H groups in total.